The van der Waals surface area contributed by atoms with Gasteiger partial charge < -0.3 is 14.9 Å². The molecule has 6 heteroatoms. The Labute approximate surface area is 203 Å². The molecule has 1 atom stereocenters. The number of aliphatic hydroxyl groups is 1. The molecule has 1 aliphatic heterocycles. The number of hydrogen-bond donors (Lipinski definition) is 1. The van der Waals surface area contributed by atoms with Gasteiger partial charge in [0.05, 0.1) is 17.7 Å². The Kier molecular flexibility index (Phi) is 8.21. The summed E-state index contributed by atoms with van der Waals surface area (Å²) < 4.78 is 0. The molecular weight excluding hydrogens is 424 g/mol. The number of aliphatic hydroxyl groups excluding tert-OH is 1. The summed E-state index contributed by atoms with van der Waals surface area (Å²) in [6, 6.07) is 18.3. The van der Waals surface area contributed by atoms with Crippen LogP contribution in [-0.4, -0.2) is 64.7 Å². The number of urea groups is 1. The van der Waals surface area contributed by atoms with E-state index >= 15 is 0 Å². The van der Waals surface area contributed by atoms with Crippen LogP contribution in [0, 0.1) is 11.3 Å². The number of rotatable bonds is 7. The molecule has 2 aromatic carbocycles. The Morgan fingerprint density at radius 1 is 1.12 bits per heavy atom. The molecule has 2 amide bonds. The number of amides is 2. The standard InChI is InChI=1S/C28H36N4O2/c1-30(20-27(33)21-31-16-15-24-7-5-6-8-25(24)19-31)28(34)32(26-9-3-2-4-10-26)18-23-13-11-22(17-29)12-14-23/h5-8,11-14,26-27,33H,2-4,9-10,15-16,18-21H2,1H3. The summed E-state index contributed by atoms with van der Waals surface area (Å²) in [5.41, 5.74) is 4.38. The van der Waals surface area contributed by atoms with E-state index in [0.29, 0.717) is 25.2 Å². The van der Waals surface area contributed by atoms with Gasteiger partial charge in [-0.3, -0.25) is 4.90 Å². The Hall–Kier alpha value is -2.88. The van der Waals surface area contributed by atoms with Crippen molar-refractivity contribution in [3.05, 3.63) is 70.8 Å². The molecule has 0 radical (unpaired) electrons. The molecule has 0 bridgehead atoms. The van der Waals surface area contributed by atoms with Crippen LogP contribution in [0.4, 0.5) is 4.79 Å². The Morgan fingerprint density at radius 3 is 2.53 bits per heavy atom. The summed E-state index contributed by atoms with van der Waals surface area (Å²) in [5, 5.41) is 19.9. The highest BCUT2D eigenvalue weighted by atomic mass is 16.3. The van der Waals surface area contributed by atoms with Crippen molar-refractivity contribution in [3.63, 3.8) is 0 Å². The molecule has 34 heavy (non-hydrogen) atoms. The molecule has 1 saturated carbocycles. The molecule has 1 aliphatic carbocycles. The van der Waals surface area contributed by atoms with E-state index in [-0.39, 0.29) is 12.1 Å². The van der Waals surface area contributed by atoms with Crippen LogP contribution in [-0.2, 0) is 19.5 Å². The molecule has 0 saturated heterocycles. The lowest BCUT2D eigenvalue weighted by molar-refractivity contribution is 0.0686. The van der Waals surface area contributed by atoms with Crippen LogP contribution in [0.15, 0.2) is 48.5 Å². The first-order valence-electron chi connectivity index (χ1n) is 12.5. The fraction of sp³-hybridized carbons (Fsp3) is 0.500. The first-order valence-corrected chi connectivity index (χ1v) is 12.5. The largest absolute Gasteiger partial charge is 0.390 e. The Bertz CT molecular complexity index is 994. The minimum atomic E-state index is -0.595. The zero-order chi connectivity index (χ0) is 23.9. The SMILES string of the molecule is CN(CC(O)CN1CCc2ccccc2C1)C(=O)N(Cc1ccc(C#N)cc1)C1CCCCC1. The predicted molar refractivity (Wildman–Crippen MR) is 133 cm³/mol. The van der Waals surface area contributed by atoms with Gasteiger partial charge in [-0.1, -0.05) is 55.7 Å². The topological polar surface area (TPSA) is 70.8 Å². The lowest BCUT2D eigenvalue weighted by Crippen LogP contribution is -2.50. The fourth-order valence-corrected chi connectivity index (χ4v) is 5.31. The molecule has 0 aromatic heterocycles. The van der Waals surface area contributed by atoms with Crippen LogP contribution < -0.4 is 0 Å². The van der Waals surface area contributed by atoms with Crippen LogP contribution in [0.25, 0.3) is 0 Å². The fourth-order valence-electron chi connectivity index (χ4n) is 5.31. The summed E-state index contributed by atoms with van der Waals surface area (Å²) in [6.45, 7) is 3.17. The van der Waals surface area contributed by atoms with Crippen molar-refractivity contribution < 1.29 is 9.90 Å². The molecule has 6 nitrogen and oxygen atoms in total. The van der Waals surface area contributed by atoms with E-state index < -0.39 is 6.10 Å². The second kappa shape index (κ2) is 11.5. The highest BCUT2D eigenvalue weighted by Crippen LogP contribution is 2.25. The van der Waals surface area contributed by atoms with Gasteiger partial charge in [-0.05, 0) is 48.1 Å². The smallest absolute Gasteiger partial charge is 0.320 e. The molecule has 180 valence electrons. The van der Waals surface area contributed by atoms with Gasteiger partial charge in [0, 0.05) is 45.8 Å². The molecule has 1 fully saturated rings. The second-order valence-electron chi connectivity index (χ2n) is 9.80. The van der Waals surface area contributed by atoms with Crippen molar-refractivity contribution in [3.8, 4) is 6.07 Å². The number of nitrogens with zero attached hydrogens (tertiary/aromatic N) is 4. The Balaban J connectivity index is 1.37. The zero-order valence-corrected chi connectivity index (χ0v) is 20.2. The average Bonchev–Trinajstić information content (AvgIpc) is 2.87. The molecule has 4 rings (SSSR count). The molecule has 2 aliphatic rings. The van der Waals surface area contributed by atoms with Crippen LogP contribution in [0.3, 0.4) is 0 Å². The van der Waals surface area contributed by atoms with E-state index in [2.05, 4.69) is 35.2 Å². The van der Waals surface area contributed by atoms with Gasteiger partial charge in [-0.2, -0.15) is 5.26 Å². The van der Waals surface area contributed by atoms with Gasteiger partial charge in [0.1, 0.15) is 0 Å². The number of hydrogen-bond acceptors (Lipinski definition) is 4. The summed E-state index contributed by atoms with van der Waals surface area (Å²) >= 11 is 0. The second-order valence-corrected chi connectivity index (χ2v) is 9.80. The maximum absolute atomic E-state index is 13.5. The summed E-state index contributed by atoms with van der Waals surface area (Å²) in [4.78, 5) is 19.5. The normalized spacial score (nSPS) is 17.4. The monoisotopic (exact) mass is 460 g/mol. The van der Waals surface area contributed by atoms with Crippen LogP contribution >= 0.6 is 0 Å². The number of fused-ring (bicyclic) bond motifs is 1. The van der Waals surface area contributed by atoms with E-state index in [1.165, 1.54) is 17.5 Å². The lowest BCUT2D eigenvalue weighted by atomic mass is 9.94. The van der Waals surface area contributed by atoms with Crippen molar-refractivity contribution in [1.82, 2.24) is 14.7 Å². The first kappa shape index (κ1) is 24.3. The molecular formula is C28H36N4O2. The van der Waals surface area contributed by atoms with Crippen molar-refractivity contribution in [2.24, 2.45) is 0 Å². The van der Waals surface area contributed by atoms with E-state index in [9.17, 15) is 9.90 Å². The van der Waals surface area contributed by atoms with Gasteiger partial charge in [0.15, 0.2) is 0 Å². The molecule has 1 heterocycles. The highest BCUT2D eigenvalue weighted by Gasteiger charge is 2.29. The van der Waals surface area contributed by atoms with Crippen molar-refractivity contribution in [1.29, 1.82) is 5.26 Å². The van der Waals surface area contributed by atoms with E-state index in [4.69, 9.17) is 5.26 Å². The lowest BCUT2D eigenvalue weighted by Gasteiger charge is -2.38. The van der Waals surface area contributed by atoms with E-state index in [0.717, 1.165) is 50.8 Å². The maximum Gasteiger partial charge on any atom is 0.320 e. The Morgan fingerprint density at radius 2 is 1.82 bits per heavy atom. The van der Waals surface area contributed by atoms with Gasteiger partial charge in [-0.15, -0.1) is 0 Å². The van der Waals surface area contributed by atoms with Gasteiger partial charge >= 0.3 is 6.03 Å². The highest BCUT2D eigenvalue weighted by molar-refractivity contribution is 5.74. The molecule has 2 aromatic rings. The number of benzene rings is 2. The zero-order valence-electron chi connectivity index (χ0n) is 20.2. The van der Waals surface area contributed by atoms with Crippen molar-refractivity contribution in [2.45, 2.75) is 63.8 Å². The number of nitriles is 1. The van der Waals surface area contributed by atoms with E-state index in [1.807, 2.05) is 29.2 Å². The third-order valence-corrected chi connectivity index (χ3v) is 7.19. The van der Waals surface area contributed by atoms with Crippen LogP contribution in [0.5, 0.6) is 0 Å². The number of likely N-dealkylation sites (N-methyl/N-ethyl adjacent to an activating group) is 1. The van der Waals surface area contributed by atoms with Gasteiger partial charge in [0.25, 0.3) is 0 Å². The number of carbonyl (C=O) groups is 1. The van der Waals surface area contributed by atoms with E-state index in [1.54, 1.807) is 11.9 Å². The third kappa shape index (κ3) is 6.16. The number of carbonyl (C=O) groups excluding carboxylic acids is 1. The number of β-amino-alcohol motifs (C(OH)–C–C–N with tert-alkyl or cyclic N) is 1. The average molecular weight is 461 g/mol. The molecule has 0 spiro atoms. The predicted octanol–water partition coefficient (Wildman–Crippen LogP) is 4.16. The minimum Gasteiger partial charge on any atom is -0.390 e. The quantitative estimate of drug-likeness (QED) is 0.673. The molecule has 1 N–H and O–H groups in total. The third-order valence-electron chi connectivity index (χ3n) is 7.19. The minimum absolute atomic E-state index is 0.0284. The maximum atomic E-state index is 13.5. The molecule has 1 unspecified atom stereocenters. The first-order chi connectivity index (χ1) is 16.5. The summed E-state index contributed by atoms with van der Waals surface area (Å²) in [7, 11) is 1.80. The summed E-state index contributed by atoms with van der Waals surface area (Å²) in [6.07, 6.45) is 5.95. The van der Waals surface area contributed by atoms with Crippen molar-refractivity contribution >= 4 is 6.03 Å². The van der Waals surface area contributed by atoms with Crippen LogP contribution in [0.2, 0.25) is 0 Å². The van der Waals surface area contributed by atoms with Crippen LogP contribution in [0.1, 0.15) is 54.4 Å². The van der Waals surface area contributed by atoms with Gasteiger partial charge in [-0.25, -0.2) is 4.79 Å². The van der Waals surface area contributed by atoms with Crippen molar-refractivity contribution in [2.75, 3.05) is 26.7 Å². The summed E-state index contributed by atoms with van der Waals surface area (Å²) in [5.74, 6) is 0. The van der Waals surface area contributed by atoms with Gasteiger partial charge in [0.2, 0.25) is 0 Å².